The molecule has 8 heteroatoms. The molecule has 1 saturated heterocycles. The number of likely N-dealkylation sites (N-methyl/N-ethyl adjacent to an activating group) is 1. The first-order chi connectivity index (χ1) is 12.5. The summed E-state index contributed by atoms with van der Waals surface area (Å²) in [5, 5.41) is 13.9. The number of hydrogen-bond donors (Lipinski definition) is 2. The van der Waals surface area contributed by atoms with E-state index in [2.05, 4.69) is 5.32 Å². The van der Waals surface area contributed by atoms with Crippen LogP contribution in [0.15, 0.2) is 35.7 Å². The molecule has 1 unspecified atom stereocenters. The standard InChI is InChI=1S/C18H20N2O5S/c1-20(10-13-11-24-6-7-25-13)15-5-4-12(18(22)23)9-14(15)19-17(21)16-3-2-8-26-16/h2-5,8-9,13H,6-7,10-11H2,1H3,(H,19,21)(H,22,23). The third-order valence-electron chi connectivity index (χ3n) is 4.01. The maximum Gasteiger partial charge on any atom is 0.335 e. The second-order valence-electron chi connectivity index (χ2n) is 5.92. The number of hydrogen-bond acceptors (Lipinski definition) is 6. The van der Waals surface area contributed by atoms with Gasteiger partial charge in [-0.15, -0.1) is 11.3 Å². The predicted octanol–water partition coefficient (Wildman–Crippen LogP) is 2.55. The van der Waals surface area contributed by atoms with Crippen molar-refractivity contribution in [3.63, 3.8) is 0 Å². The van der Waals surface area contributed by atoms with Crippen LogP contribution in [0.3, 0.4) is 0 Å². The van der Waals surface area contributed by atoms with Gasteiger partial charge in [0.1, 0.15) is 0 Å². The molecule has 0 spiro atoms. The molecule has 0 saturated carbocycles. The van der Waals surface area contributed by atoms with E-state index in [4.69, 9.17) is 9.47 Å². The number of nitrogens with zero attached hydrogens (tertiary/aromatic N) is 1. The molecule has 138 valence electrons. The minimum Gasteiger partial charge on any atom is -0.478 e. The highest BCUT2D eigenvalue weighted by molar-refractivity contribution is 7.12. The van der Waals surface area contributed by atoms with Crippen molar-refractivity contribution in [3.8, 4) is 0 Å². The number of amides is 1. The van der Waals surface area contributed by atoms with Crippen molar-refractivity contribution < 1.29 is 24.2 Å². The number of nitrogens with one attached hydrogen (secondary N) is 1. The van der Waals surface area contributed by atoms with E-state index in [1.165, 1.54) is 23.5 Å². The molecule has 1 aliphatic rings. The molecule has 2 aromatic rings. The number of anilines is 2. The van der Waals surface area contributed by atoms with Gasteiger partial charge in [0.15, 0.2) is 0 Å². The molecule has 0 bridgehead atoms. The molecule has 2 N–H and O–H groups in total. The SMILES string of the molecule is CN(CC1COCCO1)c1ccc(C(=O)O)cc1NC(=O)c1cccs1. The molecule has 1 aromatic heterocycles. The molecule has 1 atom stereocenters. The third kappa shape index (κ3) is 4.40. The van der Waals surface area contributed by atoms with Crippen molar-refractivity contribution in [1.29, 1.82) is 0 Å². The molecule has 7 nitrogen and oxygen atoms in total. The van der Waals surface area contributed by atoms with E-state index in [1.54, 1.807) is 18.2 Å². The number of carboxylic acid groups (broad SMARTS) is 1. The number of ether oxygens (including phenoxy) is 2. The van der Waals surface area contributed by atoms with Crippen LogP contribution in [0.5, 0.6) is 0 Å². The van der Waals surface area contributed by atoms with Crippen LogP contribution in [0, 0.1) is 0 Å². The average molecular weight is 376 g/mol. The lowest BCUT2D eigenvalue weighted by Crippen LogP contribution is -2.38. The van der Waals surface area contributed by atoms with Crippen LogP contribution in [0.1, 0.15) is 20.0 Å². The van der Waals surface area contributed by atoms with Gasteiger partial charge < -0.3 is 24.8 Å². The average Bonchev–Trinajstić information content (AvgIpc) is 3.17. The van der Waals surface area contributed by atoms with Crippen molar-refractivity contribution in [1.82, 2.24) is 0 Å². The Kier molecular flexibility index (Phi) is 5.87. The van der Waals surface area contributed by atoms with Crippen molar-refractivity contribution in [2.24, 2.45) is 0 Å². The minimum atomic E-state index is -1.05. The Bertz CT molecular complexity index is 772. The van der Waals surface area contributed by atoms with Crippen LogP contribution in [0.25, 0.3) is 0 Å². The largest absolute Gasteiger partial charge is 0.478 e. The molecule has 1 aliphatic heterocycles. The van der Waals surface area contributed by atoms with Gasteiger partial charge in [-0.2, -0.15) is 0 Å². The lowest BCUT2D eigenvalue weighted by molar-refractivity contribution is -0.0837. The maximum atomic E-state index is 12.4. The van der Waals surface area contributed by atoms with Crippen molar-refractivity contribution in [2.75, 3.05) is 43.6 Å². The zero-order valence-electron chi connectivity index (χ0n) is 14.3. The summed E-state index contributed by atoms with van der Waals surface area (Å²) < 4.78 is 11.1. The molecular formula is C18H20N2O5S. The first kappa shape index (κ1) is 18.4. The van der Waals surface area contributed by atoms with E-state index in [0.717, 1.165) is 0 Å². The highest BCUT2D eigenvalue weighted by Gasteiger charge is 2.20. The van der Waals surface area contributed by atoms with Crippen LogP contribution in [-0.4, -0.2) is 56.5 Å². The summed E-state index contributed by atoms with van der Waals surface area (Å²) in [4.78, 5) is 26.2. The quantitative estimate of drug-likeness (QED) is 0.806. The van der Waals surface area contributed by atoms with Crippen LogP contribution in [0.4, 0.5) is 11.4 Å². The summed E-state index contributed by atoms with van der Waals surface area (Å²) in [5.41, 5.74) is 1.28. The molecule has 1 fully saturated rings. The Morgan fingerprint density at radius 1 is 1.35 bits per heavy atom. The molecule has 0 radical (unpaired) electrons. The second kappa shape index (κ2) is 8.31. The highest BCUT2D eigenvalue weighted by atomic mass is 32.1. The normalized spacial score (nSPS) is 16.9. The fraction of sp³-hybridized carbons (Fsp3) is 0.333. The van der Waals surface area contributed by atoms with E-state index in [0.29, 0.717) is 42.6 Å². The summed E-state index contributed by atoms with van der Waals surface area (Å²) >= 11 is 1.33. The van der Waals surface area contributed by atoms with E-state index < -0.39 is 5.97 Å². The summed E-state index contributed by atoms with van der Waals surface area (Å²) in [6.45, 7) is 2.22. The van der Waals surface area contributed by atoms with Gasteiger partial charge in [-0.3, -0.25) is 4.79 Å². The summed E-state index contributed by atoms with van der Waals surface area (Å²) in [7, 11) is 1.87. The first-order valence-corrected chi connectivity index (χ1v) is 9.05. The second-order valence-corrected chi connectivity index (χ2v) is 6.86. The van der Waals surface area contributed by atoms with E-state index in [-0.39, 0.29) is 17.6 Å². The van der Waals surface area contributed by atoms with Gasteiger partial charge in [0.2, 0.25) is 0 Å². The highest BCUT2D eigenvalue weighted by Crippen LogP contribution is 2.28. The zero-order chi connectivity index (χ0) is 18.5. The topological polar surface area (TPSA) is 88.1 Å². The molecule has 3 rings (SSSR count). The smallest absolute Gasteiger partial charge is 0.335 e. The van der Waals surface area contributed by atoms with Crippen LogP contribution in [0.2, 0.25) is 0 Å². The number of benzene rings is 1. The van der Waals surface area contributed by atoms with Crippen molar-refractivity contribution in [2.45, 2.75) is 6.10 Å². The summed E-state index contributed by atoms with van der Waals surface area (Å²) in [6.07, 6.45) is -0.0752. The molecule has 0 aliphatic carbocycles. The lowest BCUT2D eigenvalue weighted by atomic mass is 10.1. The fourth-order valence-corrected chi connectivity index (χ4v) is 3.36. The lowest BCUT2D eigenvalue weighted by Gasteiger charge is -2.30. The van der Waals surface area contributed by atoms with Crippen molar-refractivity contribution in [3.05, 3.63) is 46.2 Å². The zero-order valence-corrected chi connectivity index (χ0v) is 15.1. The number of carboxylic acids is 1. The molecule has 26 heavy (non-hydrogen) atoms. The Labute approximate surface area is 155 Å². The molecule has 2 heterocycles. The van der Waals surface area contributed by atoms with Crippen LogP contribution in [-0.2, 0) is 9.47 Å². The number of thiophene rings is 1. The Balaban J connectivity index is 1.82. The number of rotatable bonds is 6. The Morgan fingerprint density at radius 3 is 2.85 bits per heavy atom. The summed E-state index contributed by atoms with van der Waals surface area (Å²) in [5.74, 6) is -1.32. The van der Waals surface area contributed by atoms with Crippen molar-refractivity contribution >= 4 is 34.6 Å². The minimum absolute atomic E-state index is 0.0752. The fourth-order valence-electron chi connectivity index (χ4n) is 2.74. The van der Waals surface area contributed by atoms with E-state index >= 15 is 0 Å². The van der Waals surface area contributed by atoms with E-state index in [9.17, 15) is 14.7 Å². The Morgan fingerprint density at radius 2 is 2.19 bits per heavy atom. The maximum absolute atomic E-state index is 12.4. The Hall–Kier alpha value is -2.42. The predicted molar refractivity (Wildman–Crippen MR) is 99.5 cm³/mol. The van der Waals surface area contributed by atoms with Gasteiger partial charge in [-0.25, -0.2) is 4.79 Å². The summed E-state index contributed by atoms with van der Waals surface area (Å²) in [6, 6.07) is 8.20. The molecule has 1 aromatic carbocycles. The van der Waals surface area contributed by atoms with Gasteiger partial charge in [-0.1, -0.05) is 6.07 Å². The van der Waals surface area contributed by atoms with Gasteiger partial charge in [0.05, 0.1) is 47.7 Å². The molecule has 1 amide bonds. The van der Waals surface area contributed by atoms with E-state index in [1.807, 2.05) is 17.3 Å². The number of carbonyl (C=O) groups excluding carboxylic acids is 1. The van der Waals surface area contributed by atoms with Gasteiger partial charge in [-0.05, 0) is 29.6 Å². The molecular weight excluding hydrogens is 356 g/mol. The number of aromatic carboxylic acids is 1. The number of carbonyl (C=O) groups is 2. The van der Waals surface area contributed by atoms with Gasteiger partial charge in [0, 0.05) is 13.6 Å². The van der Waals surface area contributed by atoms with Gasteiger partial charge >= 0.3 is 5.97 Å². The monoisotopic (exact) mass is 376 g/mol. The van der Waals surface area contributed by atoms with Crippen LogP contribution < -0.4 is 10.2 Å². The third-order valence-corrected chi connectivity index (χ3v) is 4.88. The van der Waals surface area contributed by atoms with Gasteiger partial charge in [0.25, 0.3) is 5.91 Å². The van der Waals surface area contributed by atoms with Crippen LogP contribution >= 0.6 is 11.3 Å². The first-order valence-electron chi connectivity index (χ1n) is 8.17.